The van der Waals surface area contributed by atoms with Crippen LogP contribution in [0, 0.1) is 0 Å². The van der Waals surface area contributed by atoms with Gasteiger partial charge in [-0.25, -0.2) is 10.3 Å². The van der Waals surface area contributed by atoms with Gasteiger partial charge in [0.1, 0.15) is 0 Å². The number of hydrogen-bond donors (Lipinski definition) is 2. The number of unbranched alkanes of at least 4 members (excludes halogenated alkanes) is 1. The van der Waals surface area contributed by atoms with Gasteiger partial charge in [0.15, 0.2) is 0 Å². The Kier molecular flexibility index (Phi) is 9.37. The molecular formula is C24H27Cl2N3O6S. The monoisotopic (exact) mass is 555 g/mol. The Bertz CT molecular complexity index is 1250. The molecule has 0 saturated heterocycles. The standard InChI is InChI=1S/C24H27Cl2N3O6S/c1-3-5-12-29-22(19-11-10-18(25)13-21(19)26)20(24(31)35-4-2)15-28(36(29,33)34)14-16-6-8-17(9-7-16)23(30)27-32/h6-11,13,15,22,32H,3-5,12,14H2,1-2H3,(H,27,30). The number of esters is 1. The van der Waals surface area contributed by atoms with Crippen LogP contribution in [0.3, 0.4) is 0 Å². The van der Waals surface area contributed by atoms with E-state index in [1.54, 1.807) is 36.7 Å². The first-order valence-corrected chi connectivity index (χ1v) is 13.4. The van der Waals surface area contributed by atoms with Crippen LogP contribution in [0.15, 0.2) is 54.2 Å². The van der Waals surface area contributed by atoms with E-state index in [-0.39, 0.29) is 35.9 Å². The van der Waals surface area contributed by atoms with Crippen molar-refractivity contribution >= 4 is 45.3 Å². The fraction of sp³-hybridized carbons (Fsp3) is 0.333. The molecule has 0 aliphatic carbocycles. The van der Waals surface area contributed by atoms with Crippen molar-refractivity contribution in [1.82, 2.24) is 14.1 Å². The Morgan fingerprint density at radius 3 is 2.39 bits per heavy atom. The van der Waals surface area contributed by atoms with Gasteiger partial charge in [-0.15, -0.1) is 0 Å². The third-order valence-electron chi connectivity index (χ3n) is 5.61. The van der Waals surface area contributed by atoms with E-state index in [2.05, 4.69) is 0 Å². The summed E-state index contributed by atoms with van der Waals surface area (Å²) in [5, 5.41) is 9.41. The van der Waals surface area contributed by atoms with Crippen LogP contribution in [0.4, 0.5) is 0 Å². The van der Waals surface area contributed by atoms with Gasteiger partial charge in [0, 0.05) is 28.4 Å². The summed E-state index contributed by atoms with van der Waals surface area (Å²) in [4.78, 5) is 24.7. The van der Waals surface area contributed by atoms with Crippen molar-refractivity contribution in [2.75, 3.05) is 13.2 Å². The summed E-state index contributed by atoms with van der Waals surface area (Å²) in [6.45, 7) is 3.75. The molecule has 0 bridgehead atoms. The third-order valence-corrected chi connectivity index (χ3v) is 7.99. The topological polar surface area (TPSA) is 116 Å². The van der Waals surface area contributed by atoms with Crippen LogP contribution in [0.2, 0.25) is 10.0 Å². The average Bonchev–Trinajstić information content (AvgIpc) is 2.84. The van der Waals surface area contributed by atoms with Crippen molar-refractivity contribution in [2.24, 2.45) is 0 Å². The zero-order chi connectivity index (χ0) is 26.5. The molecular weight excluding hydrogens is 529 g/mol. The Labute approximate surface area is 220 Å². The molecule has 12 heteroatoms. The highest BCUT2D eigenvalue weighted by Crippen LogP contribution is 2.41. The van der Waals surface area contributed by atoms with Crippen molar-refractivity contribution in [2.45, 2.75) is 39.3 Å². The average molecular weight is 556 g/mol. The fourth-order valence-corrected chi connectivity index (χ4v) is 6.03. The van der Waals surface area contributed by atoms with Crippen LogP contribution in [0.5, 0.6) is 0 Å². The van der Waals surface area contributed by atoms with Crippen LogP contribution in [-0.4, -0.2) is 47.3 Å². The molecule has 0 saturated carbocycles. The minimum atomic E-state index is -4.10. The fourth-order valence-electron chi connectivity index (χ4n) is 3.83. The summed E-state index contributed by atoms with van der Waals surface area (Å²) < 4.78 is 35.3. The molecule has 0 aromatic heterocycles. The summed E-state index contributed by atoms with van der Waals surface area (Å²) in [5.74, 6) is -1.35. The Morgan fingerprint density at radius 2 is 1.81 bits per heavy atom. The van der Waals surface area contributed by atoms with Crippen LogP contribution in [0.1, 0.15) is 54.2 Å². The summed E-state index contributed by atoms with van der Waals surface area (Å²) in [7, 11) is -4.10. The second kappa shape index (κ2) is 12.1. The molecule has 194 valence electrons. The molecule has 2 aromatic rings. The Morgan fingerprint density at radius 1 is 1.11 bits per heavy atom. The molecule has 1 unspecified atom stereocenters. The van der Waals surface area contributed by atoms with E-state index < -0.39 is 28.1 Å². The number of carbonyl (C=O) groups is 2. The van der Waals surface area contributed by atoms with Gasteiger partial charge in [0.05, 0.1) is 24.8 Å². The first-order chi connectivity index (χ1) is 17.1. The van der Waals surface area contributed by atoms with Gasteiger partial charge >= 0.3 is 16.2 Å². The number of ether oxygens (including phenoxy) is 1. The number of carbonyl (C=O) groups excluding carboxylic acids is 2. The molecule has 0 fully saturated rings. The normalized spacial score (nSPS) is 17.4. The molecule has 2 N–H and O–H groups in total. The SMILES string of the molecule is CCCCN1C(c2ccc(Cl)cc2Cl)C(C(=O)OCC)=CN(Cc2ccc(C(=O)NO)cc2)S1(=O)=O. The maximum Gasteiger partial charge on any atom is 0.337 e. The predicted molar refractivity (Wildman–Crippen MR) is 136 cm³/mol. The molecule has 9 nitrogen and oxygen atoms in total. The van der Waals surface area contributed by atoms with Gasteiger partial charge in [-0.05, 0) is 48.7 Å². The third kappa shape index (κ3) is 6.01. The summed E-state index contributed by atoms with van der Waals surface area (Å²) in [6, 6.07) is 9.74. The number of nitrogens with zero attached hydrogens (tertiary/aromatic N) is 2. The van der Waals surface area contributed by atoms with Gasteiger partial charge in [0.2, 0.25) is 0 Å². The number of rotatable bonds is 9. The molecule has 1 amide bonds. The predicted octanol–water partition coefficient (Wildman–Crippen LogP) is 4.46. The van der Waals surface area contributed by atoms with Gasteiger partial charge in [-0.3, -0.25) is 14.3 Å². The van der Waals surface area contributed by atoms with Gasteiger partial charge in [-0.2, -0.15) is 12.7 Å². The van der Waals surface area contributed by atoms with E-state index >= 15 is 0 Å². The van der Waals surface area contributed by atoms with E-state index in [1.807, 2.05) is 6.92 Å². The number of amides is 1. The Balaban J connectivity index is 2.12. The highest BCUT2D eigenvalue weighted by molar-refractivity contribution is 7.86. The first-order valence-electron chi connectivity index (χ1n) is 11.3. The molecule has 1 aliphatic heterocycles. The minimum absolute atomic E-state index is 0.101. The van der Waals surface area contributed by atoms with Crippen LogP contribution < -0.4 is 5.48 Å². The first kappa shape index (κ1) is 27.9. The summed E-state index contributed by atoms with van der Waals surface area (Å²) in [6.07, 6.45) is 2.55. The second-order valence-corrected chi connectivity index (χ2v) is 10.7. The zero-order valence-electron chi connectivity index (χ0n) is 19.8. The number of benzene rings is 2. The lowest BCUT2D eigenvalue weighted by molar-refractivity contribution is -0.139. The lowest BCUT2D eigenvalue weighted by Gasteiger charge is -2.40. The van der Waals surface area contributed by atoms with E-state index in [1.165, 1.54) is 28.7 Å². The largest absolute Gasteiger partial charge is 0.463 e. The summed E-state index contributed by atoms with van der Waals surface area (Å²) in [5.41, 5.74) is 2.84. The molecule has 1 heterocycles. The van der Waals surface area contributed by atoms with Crippen molar-refractivity contribution in [1.29, 1.82) is 0 Å². The number of hydrogen-bond acceptors (Lipinski definition) is 6. The summed E-state index contributed by atoms with van der Waals surface area (Å²) >= 11 is 12.5. The highest BCUT2D eigenvalue weighted by Gasteiger charge is 2.44. The minimum Gasteiger partial charge on any atom is -0.463 e. The molecule has 1 atom stereocenters. The van der Waals surface area contributed by atoms with Crippen LogP contribution >= 0.6 is 23.2 Å². The lowest BCUT2D eigenvalue weighted by atomic mass is 9.98. The van der Waals surface area contributed by atoms with E-state index in [0.717, 1.165) is 10.7 Å². The van der Waals surface area contributed by atoms with E-state index in [4.69, 9.17) is 33.1 Å². The smallest absolute Gasteiger partial charge is 0.337 e. The highest BCUT2D eigenvalue weighted by atomic mass is 35.5. The van der Waals surface area contributed by atoms with Crippen molar-refractivity contribution in [3.8, 4) is 0 Å². The zero-order valence-corrected chi connectivity index (χ0v) is 22.1. The van der Waals surface area contributed by atoms with E-state index in [0.29, 0.717) is 22.6 Å². The quantitative estimate of drug-likeness (QED) is 0.268. The molecule has 0 spiro atoms. The lowest BCUT2D eigenvalue weighted by Crippen LogP contribution is -2.49. The maximum atomic E-state index is 13.8. The number of hydroxylamine groups is 1. The van der Waals surface area contributed by atoms with Crippen LogP contribution in [0.25, 0.3) is 0 Å². The van der Waals surface area contributed by atoms with E-state index in [9.17, 15) is 18.0 Å². The van der Waals surface area contributed by atoms with Crippen molar-refractivity contribution in [3.05, 3.63) is 81.0 Å². The van der Waals surface area contributed by atoms with Crippen molar-refractivity contribution < 1.29 is 28.0 Å². The van der Waals surface area contributed by atoms with Crippen LogP contribution in [-0.2, 0) is 26.3 Å². The van der Waals surface area contributed by atoms with Crippen molar-refractivity contribution in [3.63, 3.8) is 0 Å². The second-order valence-electron chi connectivity index (χ2n) is 8.03. The van der Waals surface area contributed by atoms with Gasteiger partial charge < -0.3 is 4.74 Å². The molecule has 0 radical (unpaired) electrons. The molecule has 2 aromatic carbocycles. The Hall–Kier alpha value is -2.63. The van der Waals surface area contributed by atoms with Gasteiger partial charge in [0.25, 0.3) is 5.91 Å². The number of halogens is 2. The maximum absolute atomic E-state index is 13.8. The molecule has 3 rings (SSSR count). The van der Waals surface area contributed by atoms with Gasteiger partial charge in [-0.1, -0.05) is 54.7 Å². The molecule has 36 heavy (non-hydrogen) atoms. The number of nitrogens with one attached hydrogen (secondary N) is 1. The molecule has 1 aliphatic rings.